The summed E-state index contributed by atoms with van der Waals surface area (Å²) in [6.45, 7) is 0.465. The zero-order chi connectivity index (χ0) is 15.2. The van der Waals surface area contributed by atoms with Gasteiger partial charge in [-0.25, -0.2) is 0 Å². The van der Waals surface area contributed by atoms with Crippen LogP contribution in [0.5, 0.6) is 17.2 Å². The third-order valence-corrected chi connectivity index (χ3v) is 3.05. The first-order chi connectivity index (χ1) is 10.0. The van der Waals surface area contributed by atoms with E-state index in [1.807, 2.05) is 6.07 Å². The third kappa shape index (κ3) is 4.42. The van der Waals surface area contributed by atoms with Gasteiger partial charge in [-0.05, 0) is 41.8 Å². The molecule has 0 aliphatic rings. The van der Waals surface area contributed by atoms with E-state index in [0.717, 1.165) is 5.56 Å². The highest BCUT2D eigenvalue weighted by Crippen LogP contribution is 2.24. The number of phenols is 3. The molecule has 2 rings (SSSR count). The summed E-state index contributed by atoms with van der Waals surface area (Å²) in [7, 11) is 0. The number of nitrogens with one attached hydrogen (secondary N) is 1. The Morgan fingerprint density at radius 3 is 2.48 bits per heavy atom. The second-order valence-electron chi connectivity index (χ2n) is 4.77. The van der Waals surface area contributed by atoms with Crippen LogP contribution in [-0.2, 0) is 17.6 Å². The van der Waals surface area contributed by atoms with Gasteiger partial charge >= 0.3 is 0 Å². The molecule has 0 saturated carbocycles. The Kier molecular flexibility index (Phi) is 4.66. The van der Waals surface area contributed by atoms with Gasteiger partial charge in [0.1, 0.15) is 5.75 Å². The molecule has 0 spiro atoms. The van der Waals surface area contributed by atoms with Crippen molar-refractivity contribution in [2.24, 2.45) is 0 Å². The van der Waals surface area contributed by atoms with Crippen LogP contribution in [0, 0.1) is 0 Å². The summed E-state index contributed by atoms with van der Waals surface area (Å²) < 4.78 is 0. The third-order valence-electron chi connectivity index (χ3n) is 3.05. The maximum atomic E-state index is 11.8. The van der Waals surface area contributed by atoms with Gasteiger partial charge in [-0.3, -0.25) is 4.79 Å². The quantitative estimate of drug-likeness (QED) is 0.630. The summed E-state index contributed by atoms with van der Waals surface area (Å²) in [5.41, 5.74) is 1.57. The van der Waals surface area contributed by atoms with Crippen LogP contribution in [0.2, 0.25) is 0 Å². The second kappa shape index (κ2) is 6.65. The molecular formula is C16H17NO4. The standard InChI is InChI=1S/C16H17NO4/c18-13-3-1-2-11(8-13)6-7-17-16(21)10-12-4-5-14(19)15(20)9-12/h1-5,8-9,18-20H,6-7,10H2,(H,17,21). The molecule has 0 heterocycles. The molecule has 0 saturated heterocycles. The van der Waals surface area contributed by atoms with Crippen molar-refractivity contribution in [2.75, 3.05) is 6.54 Å². The van der Waals surface area contributed by atoms with E-state index in [2.05, 4.69) is 5.32 Å². The minimum absolute atomic E-state index is 0.133. The van der Waals surface area contributed by atoms with Gasteiger partial charge in [-0.2, -0.15) is 0 Å². The number of rotatable bonds is 5. The number of carbonyl (C=O) groups excluding carboxylic acids is 1. The van der Waals surface area contributed by atoms with Crippen molar-refractivity contribution in [3.05, 3.63) is 53.6 Å². The number of aromatic hydroxyl groups is 3. The zero-order valence-electron chi connectivity index (χ0n) is 11.4. The van der Waals surface area contributed by atoms with Crippen LogP contribution in [0.3, 0.4) is 0 Å². The molecule has 0 radical (unpaired) electrons. The maximum absolute atomic E-state index is 11.8. The Morgan fingerprint density at radius 1 is 0.952 bits per heavy atom. The molecule has 0 aliphatic heterocycles. The van der Waals surface area contributed by atoms with Crippen molar-refractivity contribution in [1.29, 1.82) is 0 Å². The zero-order valence-corrected chi connectivity index (χ0v) is 11.4. The minimum atomic E-state index is -0.236. The van der Waals surface area contributed by atoms with Crippen LogP contribution in [0.1, 0.15) is 11.1 Å². The molecule has 110 valence electrons. The van der Waals surface area contributed by atoms with E-state index >= 15 is 0 Å². The van der Waals surface area contributed by atoms with Gasteiger partial charge in [0, 0.05) is 6.54 Å². The summed E-state index contributed by atoms with van der Waals surface area (Å²) >= 11 is 0. The topological polar surface area (TPSA) is 89.8 Å². The molecule has 2 aromatic carbocycles. The molecule has 0 aromatic heterocycles. The lowest BCUT2D eigenvalue weighted by Gasteiger charge is -2.07. The number of hydrogen-bond donors (Lipinski definition) is 4. The van der Waals surface area contributed by atoms with Crippen molar-refractivity contribution in [3.63, 3.8) is 0 Å². The lowest BCUT2D eigenvalue weighted by atomic mass is 10.1. The van der Waals surface area contributed by atoms with E-state index in [-0.39, 0.29) is 29.6 Å². The number of hydrogen-bond acceptors (Lipinski definition) is 4. The second-order valence-corrected chi connectivity index (χ2v) is 4.77. The molecule has 1 amide bonds. The summed E-state index contributed by atoms with van der Waals surface area (Å²) in [5, 5.41) is 30.7. The monoisotopic (exact) mass is 287 g/mol. The predicted molar refractivity (Wildman–Crippen MR) is 78.3 cm³/mol. The van der Waals surface area contributed by atoms with E-state index in [1.165, 1.54) is 12.1 Å². The van der Waals surface area contributed by atoms with Crippen molar-refractivity contribution in [2.45, 2.75) is 12.8 Å². The number of amides is 1. The van der Waals surface area contributed by atoms with E-state index < -0.39 is 0 Å². The lowest BCUT2D eigenvalue weighted by molar-refractivity contribution is -0.120. The summed E-state index contributed by atoms with van der Waals surface area (Å²) in [4.78, 5) is 11.8. The van der Waals surface area contributed by atoms with Gasteiger partial charge in [0.25, 0.3) is 0 Å². The molecule has 0 atom stereocenters. The lowest BCUT2D eigenvalue weighted by Crippen LogP contribution is -2.27. The average molecular weight is 287 g/mol. The van der Waals surface area contributed by atoms with Crippen LogP contribution in [-0.4, -0.2) is 27.8 Å². The van der Waals surface area contributed by atoms with Crippen LogP contribution in [0.15, 0.2) is 42.5 Å². The first-order valence-electron chi connectivity index (χ1n) is 6.60. The summed E-state index contributed by atoms with van der Waals surface area (Å²) in [6, 6.07) is 11.2. The summed E-state index contributed by atoms with van der Waals surface area (Å²) in [5.74, 6) is -0.401. The fraction of sp³-hybridized carbons (Fsp3) is 0.188. The fourth-order valence-electron chi connectivity index (χ4n) is 1.99. The molecule has 0 bridgehead atoms. The van der Waals surface area contributed by atoms with Gasteiger partial charge in [0.05, 0.1) is 6.42 Å². The summed E-state index contributed by atoms with van der Waals surface area (Å²) in [6.07, 6.45) is 0.759. The molecule has 0 fully saturated rings. The molecule has 0 unspecified atom stereocenters. The van der Waals surface area contributed by atoms with Gasteiger partial charge < -0.3 is 20.6 Å². The number of phenolic OH excluding ortho intramolecular Hbond substituents is 3. The Hall–Kier alpha value is -2.69. The van der Waals surface area contributed by atoms with Crippen molar-refractivity contribution in [3.8, 4) is 17.2 Å². The van der Waals surface area contributed by atoms with E-state index in [1.54, 1.807) is 24.3 Å². The van der Waals surface area contributed by atoms with Crippen molar-refractivity contribution < 1.29 is 20.1 Å². The molecule has 5 heteroatoms. The Morgan fingerprint density at radius 2 is 1.76 bits per heavy atom. The van der Waals surface area contributed by atoms with Gasteiger partial charge in [-0.1, -0.05) is 18.2 Å². The molecule has 21 heavy (non-hydrogen) atoms. The van der Waals surface area contributed by atoms with Crippen molar-refractivity contribution >= 4 is 5.91 Å². The highest BCUT2D eigenvalue weighted by atomic mass is 16.3. The van der Waals surface area contributed by atoms with E-state index in [9.17, 15) is 20.1 Å². The molecule has 5 nitrogen and oxygen atoms in total. The van der Waals surface area contributed by atoms with Crippen LogP contribution in [0.4, 0.5) is 0 Å². The first kappa shape index (κ1) is 14.7. The Bertz CT molecular complexity index is 640. The predicted octanol–water partition coefficient (Wildman–Crippen LogP) is 1.70. The molecule has 0 aliphatic carbocycles. The van der Waals surface area contributed by atoms with Crippen LogP contribution in [0.25, 0.3) is 0 Å². The normalized spacial score (nSPS) is 10.3. The van der Waals surface area contributed by atoms with Crippen LogP contribution >= 0.6 is 0 Å². The number of benzene rings is 2. The Balaban J connectivity index is 1.81. The molecule has 4 N–H and O–H groups in total. The molecular weight excluding hydrogens is 270 g/mol. The van der Waals surface area contributed by atoms with E-state index in [0.29, 0.717) is 18.5 Å². The first-order valence-corrected chi connectivity index (χ1v) is 6.60. The SMILES string of the molecule is O=C(Cc1ccc(O)c(O)c1)NCCc1cccc(O)c1. The highest BCUT2D eigenvalue weighted by molar-refractivity contribution is 5.78. The van der Waals surface area contributed by atoms with Gasteiger partial charge in [-0.15, -0.1) is 0 Å². The minimum Gasteiger partial charge on any atom is -0.508 e. The fourth-order valence-corrected chi connectivity index (χ4v) is 1.99. The van der Waals surface area contributed by atoms with Crippen LogP contribution < -0.4 is 5.32 Å². The molecule has 2 aromatic rings. The van der Waals surface area contributed by atoms with Gasteiger partial charge in [0.2, 0.25) is 5.91 Å². The average Bonchev–Trinajstić information content (AvgIpc) is 2.43. The van der Waals surface area contributed by atoms with Crippen molar-refractivity contribution in [1.82, 2.24) is 5.32 Å². The van der Waals surface area contributed by atoms with Gasteiger partial charge in [0.15, 0.2) is 11.5 Å². The highest BCUT2D eigenvalue weighted by Gasteiger charge is 2.06. The maximum Gasteiger partial charge on any atom is 0.224 e. The smallest absolute Gasteiger partial charge is 0.224 e. The van der Waals surface area contributed by atoms with E-state index in [4.69, 9.17) is 0 Å². The Labute approximate surface area is 122 Å². The largest absolute Gasteiger partial charge is 0.508 e. The number of carbonyl (C=O) groups is 1.